The number of hydrogen-bond acceptors (Lipinski definition) is 2. The molecule has 70 valence electrons. The normalized spacial score (nSPS) is 9.46. The highest BCUT2D eigenvalue weighted by atomic mass is 32.1. The number of hydrazine groups is 1. The molecule has 0 amide bonds. The van der Waals surface area contributed by atoms with Crippen LogP contribution in [0.3, 0.4) is 0 Å². The summed E-state index contributed by atoms with van der Waals surface area (Å²) < 4.78 is 25.3. The van der Waals surface area contributed by atoms with Gasteiger partial charge in [0.15, 0.2) is 5.11 Å². The first kappa shape index (κ1) is 9.82. The highest BCUT2D eigenvalue weighted by Gasteiger charge is 2.03. The number of thiocarbonyl (C=S) groups is 1. The summed E-state index contributed by atoms with van der Waals surface area (Å²) in [6.07, 6.45) is 0. The van der Waals surface area contributed by atoms with Crippen molar-refractivity contribution in [3.63, 3.8) is 0 Å². The van der Waals surface area contributed by atoms with Crippen molar-refractivity contribution in [1.82, 2.24) is 5.43 Å². The quantitative estimate of drug-likeness (QED) is 0.364. The number of nitrogens with one attached hydrogen (secondary N) is 2. The van der Waals surface area contributed by atoms with Gasteiger partial charge in [-0.2, -0.15) is 0 Å². The molecule has 0 atom stereocenters. The van der Waals surface area contributed by atoms with Gasteiger partial charge in [0.2, 0.25) is 0 Å². The Kier molecular flexibility index (Phi) is 3.10. The van der Waals surface area contributed by atoms with E-state index in [1.807, 2.05) is 0 Å². The van der Waals surface area contributed by atoms with E-state index in [4.69, 9.17) is 5.84 Å². The van der Waals surface area contributed by atoms with Crippen molar-refractivity contribution >= 4 is 23.0 Å². The molecule has 0 saturated carbocycles. The van der Waals surface area contributed by atoms with E-state index < -0.39 is 11.6 Å². The Hall–Kier alpha value is -1.27. The third kappa shape index (κ3) is 2.60. The summed E-state index contributed by atoms with van der Waals surface area (Å²) in [7, 11) is 0. The average molecular weight is 203 g/mol. The third-order valence-corrected chi connectivity index (χ3v) is 1.53. The van der Waals surface area contributed by atoms with Crippen molar-refractivity contribution in [3.8, 4) is 0 Å². The lowest BCUT2D eigenvalue weighted by Gasteiger charge is -2.07. The van der Waals surface area contributed by atoms with Crippen molar-refractivity contribution in [2.45, 2.75) is 0 Å². The zero-order chi connectivity index (χ0) is 9.84. The topological polar surface area (TPSA) is 50.1 Å². The van der Waals surface area contributed by atoms with Crippen LogP contribution in [0, 0.1) is 11.6 Å². The zero-order valence-corrected chi connectivity index (χ0v) is 7.29. The Morgan fingerprint density at radius 2 is 2.08 bits per heavy atom. The van der Waals surface area contributed by atoms with Gasteiger partial charge in [0.1, 0.15) is 11.6 Å². The molecule has 0 radical (unpaired) electrons. The van der Waals surface area contributed by atoms with Crippen LogP contribution in [0.15, 0.2) is 18.2 Å². The Morgan fingerprint density at radius 1 is 1.38 bits per heavy atom. The highest BCUT2D eigenvalue weighted by Crippen LogP contribution is 2.14. The second kappa shape index (κ2) is 4.11. The lowest BCUT2D eigenvalue weighted by atomic mass is 10.3. The minimum atomic E-state index is -0.724. The maximum absolute atomic E-state index is 12.9. The molecule has 0 unspecified atom stereocenters. The van der Waals surface area contributed by atoms with Crippen LogP contribution in [0.25, 0.3) is 0 Å². The molecule has 6 heteroatoms. The lowest BCUT2D eigenvalue weighted by Crippen LogP contribution is -2.34. The number of hydrogen-bond donors (Lipinski definition) is 3. The van der Waals surface area contributed by atoms with E-state index in [1.165, 1.54) is 6.07 Å². The summed E-state index contributed by atoms with van der Waals surface area (Å²) in [6.45, 7) is 0. The summed E-state index contributed by atoms with van der Waals surface area (Å²) in [6, 6.07) is 3.10. The van der Waals surface area contributed by atoms with E-state index in [1.54, 1.807) is 0 Å². The largest absolute Gasteiger partial charge is 0.329 e. The number of anilines is 1. The van der Waals surface area contributed by atoms with E-state index in [0.29, 0.717) is 0 Å². The molecular formula is C7H7F2N3S. The van der Waals surface area contributed by atoms with Crippen LogP contribution in [0.1, 0.15) is 0 Å². The highest BCUT2D eigenvalue weighted by molar-refractivity contribution is 7.80. The van der Waals surface area contributed by atoms with Crippen LogP contribution in [0.5, 0.6) is 0 Å². The van der Waals surface area contributed by atoms with Gasteiger partial charge in [0.05, 0.1) is 5.69 Å². The molecule has 0 saturated heterocycles. The number of rotatable bonds is 1. The van der Waals surface area contributed by atoms with Crippen molar-refractivity contribution in [2.24, 2.45) is 5.84 Å². The number of benzene rings is 1. The fraction of sp³-hybridized carbons (Fsp3) is 0. The minimum absolute atomic E-state index is 0.0607. The van der Waals surface area contributed by atoms with Crippen LogP contribution in [0.4, 0.5) is 14.5 Å². The molecule has 1 aromatic carbocycles. The van der Waals surface area contributed by atoms with Crippen molar-refractivity contribution in [1.29, 1.82) is 0 Å². The smallest absolute Gasteiger partial charge is 0.185 e. The maximum Gasteiger partial charge on any atom is 0.185 e. The van der Waals surface area contributed by atoms with Gasteiger partial charge < -0.3 is 10.7 Å². The molecule has 0 aliphatic heterocycles. The second-order valence-electron chi connectivity index (χ2n) is 2.22. The Balaban J connectivity index is 2.83. The molecule has 0 fully saturated rings. The van der Waals surface area contributed by atoms with Crippen molar-refractivity contribution in [3.05, 3.63) is 29.8 Å². The van der Waals surface area contributed by atoms with E-state index in [0.717, 1.165) is 12.1 Å². The van der Waals surface area contributed by atoms with Crippen LogP contribution < -0.4 is 16.6 Å². The first-order chi connectivity index (χ1) is 6.13. The Bertz CT molecular complexity index is 330. The fourth-order valence-electron chi connectivity index (χ4n) is 0.749. The summed E-state index contributed by atoms with van der Waals surface area (Å²) >= 11 is 4.62. The molecule has 0 aliphatic carbocycles. The molecule has 0 heterocycles. The fourth-order valence-corrected chi connectivity index (χ4v) is 0.859. The monoisotopic (exact) mass is 203 g/mol. The van der Waals surface area contributed by atoms with Crippen LogP contribution in [-0.2, 0) is 0 Å². The van der Waals surface area contributed by atoms with E-state index in [-0.39, 0.29) is 10.8 Å². The van der Waals surface area contributed by atoms with Gasteiger partial charge in [0.25, 0.3) is 0 Å². The van der Waals surface area contributed by atoms with Gasteiger partial charge in [-0.3, -0.25) is 0 Å². The van der Waals surface area contributed by atoms with Gasteiger partial charge in [-0.1, -0.05) is 0 Å². The summed E-state index contributed by atoms with van der Waals surface area (Å²) in [5.41, 5.74) is 2.19. The van der Waals surface area contributed by atoms with Gasteiger partial charge in [-0.15, -0.1) is 0 Å². The van der Waals surface area contributed by atoms with E-state index in [2.05, 4.69) is 23.0 Å². The summed E-state index contributed by atoms with van der Waals surface area (Å²) in [5, 5.41) is 2.50. The molecule has 1 rings (SSSR count). The lowest BCUT2D eigenvalue weighted by molar-refractivity contribution is 0.586. The van der Waals surface area contributed by atoms with Crippen LogP contribution in [0.2, 0.25) is 0 Å². The van der Waals surface area contributed by atoms with Gasteiger partial charge in [-0.25, -0.2) is 14.6 Å². The third-order valence-electron chi connectivity index (χ3n) is 1.31. The summed E-state index contributed by atoms with van der Waals surface area (Å²) in [5.74, 6) is 3.58. The SMILES string of the molecule is NNC(=S)Nc1ccc(F)cc1F. The second-order valence-corrected chi connectivity index (χ2v) is 2.63. The molecule has 1 aromatic rings. The molecular weight excluding hydrogens is 196 g/mol. The maximum atomic E-state index is 12.9. The number of halogens is 2. The zero-order valence-electron chi connectivity index (χ0n) is 6.47. The average Bonchev–Trinajstić information content (AvgIpc) is 2.09. The summed E-state index contributed by atoms with van der Waals surface area (Å²) in [4.78, 5) is 0. The first-order valence-corrected chi connectivity index (χ1v) is 3.77. The standard InChI is InChI=1S/C7H7F2N3S/c8-4-1-2-6(5(9)3-4)11-7(13)12-10/h1-3H,10H2,(H2,11,12,13). The molecule has 0 spiro atoms. The van der Waals surface area contributed by atoms with Crippen LogP contribution in [-0.4, -0.2) is 5.11 Å². The first-order valence-electron chi connectivity index (χ1n) is 3.36. The Morgan fingerprint density at radius 3 is 2.62 bits per heavy atom. The van der Waals surface area contributed by atoms with E-state index in [9.17, 15) is 8.78 Å². The number of nitrogens with two attached hydrogens (primary N) is 1. The molecule has 0 aromatic heterocycles. The molecule has 3 nitrogen and oxygen atoms in total. The minimum Gasteiger partial charge on any atom is -0.329 e. The van der Waals surface area contributed by atoms with Crippen LogP contribution >= 0.6 is 12.2 Å². The molecule has 4 N–H and O–H groups in total. The molecule has 13 heavy (non-hydrogen) atoms. The van der Waals surface area contributed by atoms with Gasteiger partial charge >= 0.3 is 0 Å². The molecule has 0 aliphatic rings. The van der Waals surface area contributed by atoms with Crippen molar-refractivity contribution in [2.75, 3.05) is 5.32 Å². The van der Waals surface area contributed by atoms with Gasteiger partial charge in [0, 0.05) is 6.07 Å². The predicted octanol–water partition coefficient (Wildman–Crippen LogP) is 1.12. The van der Waals surface area contributed by atoms with Gasteiger partial charge in [-0.05, 0) is 24.4 Å². The van der Waals surface area contributed by atoms with Crippen molar-refractivity contribution < 1.29 is 8.78 Å². The van der Waals surface area contributed by atoms with E-state index >= 15 is 0 Å². The Labute approximate surface area is 78.9 Å². The predicted molar refractivity (Wildman–Crippen MR) is 49.9 cm³/mol. The molecule has 0 bridgehead atoms.